The van der Waals surface area contributed by atoms with Crippen molar-refractivity contribution in [1.82, 2.24) is 19.3 Å². The second kappa shape index (κ2) is 7.81. The summed E-state index contributed by atoms with van der Waals surface area (Å²) in [5, 5.41) is 4.87. The van der Waals surface area contributed by atoms with Gasteiger partial charge in [-0.25, -0.2) is 9.97 Å². The number of aromatic nitrogens is 3. The van der Waals surface area contributed by atoms with Crippen LogP contribution in [0.15, 0.2) is 34.4 Å². The molecule has 0 aliphatic carbocycles. The Balaban J connectivity index is 1.35. The number of hydrogen-bond donors (Lipinski definition) is 1. The first kappa shape index (κ1) is 18.8. The van der Waals surface area contributed by atoms with Gasteiger partial charge in [0, 0.05) is 35.3 Å². The lowest BCUT2D eigenvalue weighted by Gasteiger charge is -2.30. The molecule has 1 saturated heterocycles. The van der Waals surface area contributed by atoms with Crippen LogP contribution in [0.5, 0.6) is 0 Å². The van der Waals surface area contributed by atoms with Gasteiger partial charge in [0.05, 0.1) is 5.69 Å². The molecule has 1 aliphatic rings. The number of rotatable bonds is 4. The van der Waals surface area contributed by atoms with Crippen LogP contribution in [0.25, 0.3) is 4.96 Å². The molecule has 4 heterocycles. The number of hydrogen-bond acceptors (Lipinski definition) is 6. The van der Waals surface area contributed by atoms with Gasteiger partial charge in [-0.1, -0.05) is 6.07 Å². The molecule has 8 heteroatoms. The normalized spacial score (nSPS) is 15.8. The first-order chi connectivity index (χ1) is 13.5. The Bertz CT molecular complexity index is 1070. The minimum atomic E-state index is -0.0290. The lowest BCUT2D eigenvalue weighted by Crippen LogP contribution is -2.38. The van der Waals surface area contributed by atoms with Crippen LogP contribution >= 0.6 is 11.3 Å². The van der Waals surface area contributed by atoms with Gasteiger partial charge in [-0.3, -0.25) is 18.9 Å². The highest BCUT2D eigenvalue weighted by atomic mass is 32.1. The van der Waals surface area contributed by atoms with Crippen molar-refractivity contribution in [2.75, 3.05) is 18.4 Å². The van der Waals surface area contributed by atoms with E-state index in [1.54, 1.807) is 10.5 Å². The maximum atomic E-state index is 12.5. The Hall–Kier alpha value is -2.58. The number of nitrogens with zero attached hydrogens (tertiary/aromatic N) is 4. The summed E-state index contributed by atoms with van der Waals surface area (Å²) in [6.07, 6.45) is 1.58. The highest BCUT2D eigenvalue weighted by molar-refractivity contribution is 7.15. The molecular formula is C20H23N5O2S. The summed E-state index contributed by atoms with van der Waals surface area (Å²) in [6, 6.07) is 7.23. The lowest BCUT2D eigenvalue weighted by molar-refractivity contribution is -0.121. The summed E-state index contributed by atoms with van der Waals surface area (Å²) in [4.78, 5) is 36.8. The van der Waals surface area contributed by atoms with Crippen LogP contribution < -0.4 is 10.9 Å². The molecule has 0 atom stereocenters. The number of pyridine rings is 1. The summed E-state index contributed by atoms with van der Waals surface area (Å²) in [6.45, 7) is 6.07. The standard InChI is InChI=1S/C20H23N5O2S/c1-13-4-3-5-17(21-13)23-19(27)15-6-8-24(9-7-15)11-16-10-18(26)25-14(2)12-28-20(25)22-16/h3-5,10,12,15H,6-9,11H2,1-2H3,(H,21,23,27). The molecule has 1 N–H and O–H groups in total. The van der Waals surface area contributed by atoms with E-state index >= 15 is 0 Å². The predicted octanol–water partition coefficient (Wildman–Crippen LogP) is 2.62. The van der Waals surface area contributed by atoms with E-state index in [1.807, 2.05) is 37.4 Å². The number of nitrogens with one attached hydrogen (secondary N) is 1. The number of anilines is 1. The number of piperidine rings is 1. The highest BCUT2D eigenvalue weighted by Crippen LogP contribution is 2.21. The Labute approximate surface area is 167 Å². The molecule has 4 rings (SSSR count). The van der Waals surface area contributed by atoms with Gasteiger partial charge in [-0.05, 0) is 51.9 Å². The van der Waals surface area contributed by atoms with E-state index in [0.29, 0.717) is 12.4 Å². The number of carbonyl (C=O) groups is 1. The summed E-state index contributed by atoms with van der Waals surface area (Å²) in [5.41, 5.74) is 2.56. The van der Waals surface area contributed by atoms with E-state index in [0.717, 1.165) is 48.0 Å². The van der Waals surface area contributed by atoms with E-state index in [4.69, 9.17) is 0 Å². The molecule has 28 heavy (non-hydrogen) atoms. The lowest BCUT2D eigenvalue weighted by atomic mass is 9.96. The van der Waals surface area contributed by atoms with Crippen molar-refractivity contribution < 1.29 is 4.79 Å². The van der Waals surface area contributed by atoms with E-state index in [-0.39, 0.29) is 17.4 Å². The van der Waals surface area contributed by atoms with Crippen LogP contribution in [-0.4, -0.2) is 38.3 Å². The summed E-state index contributed by atoms with van der Waals surface area (Å²) in [5.74, 6) is 0.626. The van der Waals surface area contributed by atoms with E-state index in [9.17, 15) is 9.59 Å². The third-order valence-electron chi connectivity index (χ3n) is 5.11. The van der Waals surface area contributed by atoms with Crippen LogP contribution in [0.4, 0.5) is 5.82 Å². The van der Waals surface area contributed by atoms with Crippen molar-refractivity contribution in [2.45, 2.75) is 33.2 Å². The van der Waals surface area contributed by atoms with Gasteiger partial charge in [0.2, 0.25) is 5.91 Å². The second-order valence-electron chi connectivity index (χ2n) is 7.28. The third kappa shape index (κ3) is 3.98. The molecular weight excluding hydrogens is 374 g/mol. The molecule has 1 aliphatic heterocycles. The Morgan fingerprint density at radius 3 is 2.79 bits per heavy atom. The van der Waals surface area contributed by atoms with Crippen LogP contribution in [0.1, 0.15) is 29.9 Å². The van der Waals surface area contributed by atoms with Gasteiger partial charge < -0.3 is 5.32 Å². The largest absolute Gasteiger partial charge is 0.310 e. The Morgan fingerprint density at radius 2 is 2.04 bits per heavy atom. The average molecular weight is 398 g/mol. The zero-order valence-corrected chi connectivity index (χ0v) is 16.8. The Kier molecular flexibility index (Phi) is 5.23. The van der Waals surface area contributed by atoms with Crippen LogP contribution in [0.2, 0.25) is 0 Å². The fourth-order valence-electron chi connectivity index (χ4n) is 3.61. The van der Waals surface area contributed by atoms with Crippen molar-refractivity contribution in [1.29, 1.82) is 0 Å². The zero-order valence-electron chi connectivity index (χ0n) is 16.0. The van der Waals surface area contributed by atoms with Gasteiger partial charge in [0.15, 0.2) is 4.96 Å². The fourth-order valence-corrected chi connectivity index (χ4v) is 4.50. The quantitative estimate of drug-likeness (QED) is 0.732. The molecule has 0 radical (unpaired) electrons. The van der Waals surface area contributed by atoms with Crippen LogP contribution in [0.3, 0.4) is 0 Å². The van der Waals surface area contributed by atoms with Crippen LogP contribution in [0, 0.1) is 19.8 Å². The van der Waals surface area contributed by atoms with Gasteiger partial charge in [0.25, 0.3) is 5.56 Å². The second-order valence-corrected chi connectivity index (χ2v) is 8.12. The molecule has 146 valence electrons. The topological polar surface area (TPSA) is 79.6 Å². The zero-order chi connectivity index (χ0) is 19.7. The van der Waals surface area contributed by atoms with Gasteiger partial charge in [-0.2, -0.15) is 0 Å². The van der Waals surface area contributed by atoms with Crippen molar-refractivity contribution in [2.24, 2.45) is 5.92 Å². The number of thiazole rings is 1. The minimum Gasteiger partial charge on any atom is -0.310 e. The smallest absolute Gasteiger partial charge is 0.259 e. The van der Waals surface area contributed by atoms with Crippen molar-refractivity contribution in [3.05, 3.63) is 57.1 Å². The summed E-state index contributed by atoms with van der Waals surface area (Å²) >= 11 is 1.48. The van der Waals surface area contributed by atoms with Gasteiger partial charge >= 0.3 is 0 Å². The fraction of sp³-hybridized carbons (Fsp3) is 0.400. The Morgan fingerprint density at radius 1 is 1.25 bits per heavy atom. The number of likely N-dealkylation sites (tertiary alicyclic amines) is 1. The molecule has 1 fully saturated rings. The minimum absolute atomic E-state index is 0.0143. The molecule has 0 spiro atoms. The van der Waals surface area contributed by atoms with Gasteiger partial charge in [-0.15, -0.1) is 11.3 Å². The molecule has 0 aromatic carbocycles. The predicted molar refractivity (Wildman–Crippen MR) is 110 cm³/mol. The molecule has 1 amide bonds. The maximum absolute atomic E-state index is 12.5. The SMILES string of the molecule is Cc1cccc(NC(=O)C2CCN(Cc3cc(=O)n4c(C)csc4n3)CC2)n1. The summed E-state index contributed by atoms with van der Waals surface area (Å²) in [7, 11) is 0. The van der Waals surface area contributed by atoms with E-state index in [1.165, 1.54) is 11.3 Å². The van der Waals surface area contributed by atoms with E-state index < -0.39 is 0 Å². The molecule has 0 bridgehead atoms. The van der Waals surface area contributed by atoms with Crippen molar-refractivity contribution in [3.63, 3.8) is 0 Å². The number of amides is 1. The first-order valence-corrected chi connectivity index (χ1v) is 10.3. The first-order valence-electron chi connectivity index (χ1n) is 9.43. The van der Waals surface area contributed by atoms with Crippen molar-refractivity contribution in [3.8, 4) is 0 Å². The number of fused-ring (bicyclic) bond motifs is 1. The number of carbonyl (C=O) groups excluding carboxylic acids is 1. The van der Waals surface area contributed by atoms with Crippen molar-refractivity contribution >= 4 is 28.0 Å². The molecule has 3 aromatic rings. The third-order valence-corrected chi connectivity index (χ3v) is 6.06. The molecule has 0 unspecified atom stereocenters. The number of aryl methyl sites for hydroxylation is 2. The molecule has 0 saturated carbocycles. The van der Waals surface area contributed by atoms with E-state index in [2.05, 4.69) is 20.2 Å². The van der Waals surface area contributed by atoms with Crippen LogP contribution in [-0.2, 0) is 11.3 Å². The monoisotopic (exact) mass is 397 g/mol. The maximum Gasteiger partial charge on any atom is 0.259 e. The molecule has 7 nitrogen and oxygen atoms in total. The highest BCUT2D eigenvalue weighted by Gasteiger charge is 2.25. The average Bonchev–Trinajstić information content (AvgIpc) is 3.03. The summed E-state index contributed by atoms with van der Waals surface area (Å²) < 4.78 is 1.64. The molecule has 3 aromatic heterocycles. The van der Waals surface area contributed by atoms with Gasteiger partial charge in [0.1, 0.15) is 5.82 Å².